The molecular formula is C12H12N2O3. The number of benzene rings is 1. The third kappa shape index (κ3) is 2.72. The first-order valence-corrected chi connectivity index (χ1v) is 5.39. The van der Waals surface area contributed by atoms with E-state index in [1.54, 1.807) is 12.1 Å². The van der Waals surface area contributed by atoms with Gasteiger partial charge < -0.3 is 4.74 Å². The van der Waals surface area contributed by atoms with Gasteiger partial charge in [-0.1, -0.05) is 6.07 Å². The van der Waals surface area contributed by atoms with Crippen molar-refractivity contribution in [2.75, 3.05) is 6.61 Å². The molecule has 0 atom stereocenters. The summed E-state index contributed by atoms with van der Waals surface area (Å²) in [5.74, 6) is 0.489. The summed E-state index contributed by atoms with van der Waals surface area (Å²) in [5.41, 5.74) is 0.00644. The third-order valence-corrected chi connectivity index (χ3v) is 2.98. The number of nitriles is 1. The molecule has 17 heavy (non-hydrogen) atoms. The molecule has 1 aromatic rings. The third-order valence-electron chi connectivity index (χ3n) is 2.98. The molecule has 0 amide bonds. The fraction of sp³-hybridized carbons (Fsp3) is 0.417. The molecule has 1 aliphatic rings. The Morgan fingerprint density at radius 1 is 1.53 bits per heavy atom. The Morgan fingerprint density at radius 2 is 2.29 bits per heavy atom. The van der Waals surface area contributed by atoms with Crippen molar-refractivity contribution in [1.29, 1.82) is 5.26 Å². The second-order valence-corrected chi connectivity index (χ2v) is 4.38. The van der Waals surface area contributed by atoms with Gasteiger partial charge in [0.05, 0.1) is 23.7 Å². The maximum Gasteiger partial charge on any atom is 0.273 e. The highest BCUT2D eigenvalue weighted by molar-refractivity contribution is 5.38. The molecule has 0 saturated heterocycles. The molecule has 2 rings (SSSR count). The highest BCUT2D eigenvalue weighted by Crippen LogP contribution is 2.48. The van der Waals surface area contributed by atoms with Gasteiger partial charge >= 0.3 is 0 Å². The van der Waals surface area contributed by atoms with E-state index in [4.69, 9.17) is 10.00 Å². The van der Waals surface area contributed by atoms with E-state index in [1.165, 1.54) is 12.1 Å². The molecule has 5 heteroatoms. The molecule has 0 aromatic heterocycles. The lowest BCUT2D eigenvalue weighted by Gasteiger charge is -2.12. The number of nitro benzene ring substituents is 1. The first kappa shape index (κ1) is 11.4. The van der Waals surface area contributed by atoms with Gasteiger partial charge in [0.2, 0.25) is 0 Å². The number of hydrogen-bond donors (Lipinski definition) is 0. The minimum atomic E-state index is -0.449. The van der Waals surface area contributed by atoms with Crippen LogP contribution in [0.4, 0.5) is 5.69 Å². The number of ether oxygens (including phenoxy) is 1. The predicted molar refractivity (Wildman–Crippen MR) is 60.5 cm³/mol. The zero-order valence-corrected chi connectivity index (χ0v) is 9.26. The van der Waals surface area contributed by atoms with Crippen molar-refractivity contribution in [3.63, 3.8) is 0 Å². The van der Waals surface area contributed by atoms with Crippen molar-refractivity contribution in [1.82, 2.24) is 0 Å². The van der Waals surface area contributed by atoms with Gasteiger partial charge in [0, 0.05) is 17.9 Å². The van der Waals surface area contributed by atoms with Gasteiger partial charge in [-0.3, -0.25) is 10.1 Å². The van der Waals surface area contributed by atoms with Crippen LogP contribution in [0.5, 0.6) is 5.75 Å². The molecule has 0 heterocycles. The fourth-order valence-electron chi connectivity index (χ4n) is 1.64. The molecule has 88 valence electrons. The average molecular weight is 232 g/mol. The van der Waals surface area contributed by atoms with E-state index in [1.807, 2.05) is 0 Å². The summed E-state index contributed by atoms with van der Waals surface area (Å²) in [6.45, 7) is 0.460. The number of hydrogen-bond acceptors (Lipinski definition) is 4. The molecule has 0 bridgehead atoms. The smallest absolute Gasteiger partial charge is 0.273 e. The molecule has 1 saturated carbocycles. The number of non-ortho nitro benzene ring substituents is 1. The van der Waals surface area contributed by atoms with Gasteiger partial charge in [-0.05, 0) is 18.9 Å². The minimum Gasteiger partial charge on any atom is -0.493 e. The summed E-state index contributed by atoms with van der Waals surface area (Å²) >= 11 is 0. The molecule has 1 aromatic carbocycles. The lowest BCUT2D eigenvalue weighted by molar-refractivity contribution is -0.384. The Bertz CT molecular complexity index is 475. The first-order chi connectivity index (χ1) is 8.15. The Kier molecular flexibility index (Phi) is 2.96. The van der Waals surface area contributed by atoms with Crippen LogP contribution < -0.4 is 4.74 Å². The average Bonchev–Trinajstić information content (AvgIpc) is 3.08. The van der Waals surface area contributed by atoms with Crippen LogP contribution in [0.25, 0.3) is 0 Å². The lowest BCUT2D eigenvalue weighted by atomic mass is 10.1. The molecule has 0 aliphatic heterocycles. The molecule has 5 nitrogen and oxygen atoms in total. The monoisotopic (exact) mass is 232 g/mol. The van der Waals surface area contributed by atoms with E-state index in [-0.39, 0.29) is 11.1 Å². The molecule has 0 N–H and O–H groups in total. The van der Waals surface area contributed by atoms with Gasteiger partial charge in [-0.2, -0.15) is 5.26 Å². The topological polar surface area (TPSA) is 76.2 Å². The standard InChI is InChI=1S/C12H12N2O3/c13-7-6-12(4-5-12)9-17-11-3-1-2-10(8-11)14(15)16/h1-3,8H,4-6,9H2. The minimum absolute atomic E-state index is 0.0145. The molecular weight excluding hydrogens is 220 g/mol. The maximum atomic E-state index is 10.6. The summed E-state index contributed by atoms with van der Waals surface area (Å²) in [6.07, 6.45) is 2.48. The van der Waals surface area contributed by atoms with Gasteiger partial charge in [0.1, 0.15) is 5.75 Å². The molecule has 1 fully saturated rings. The van der Waals surface area contributed by atoms with E-state index in [0.717, 1.165) is 12.8 Å². The van der Waals surface area contributed by atoms with Crippen LogP contribution in [0.1, 0.15) is 19.3 Å². The second-order valence-electron chi connectivity index (χ2n) is 4.38. The van der Waals surface area contributed by atoms with E-state index in [9.17, 15) is 10.1 Å². The quantitative estimate of drug-likeness (QED) is 0.577. The van der Waals surface area contributed by atoms with Crippen LogP contribution in [0.15, 0.2) is 24.3 Å². The van der Waals surface area contributed by atoms with Crippen LogP contribution in [-0.2, 0) is 0 Å². The van der Waals surface area contributed by atoms with Crippen LogP contribution in [0.2, 0.25) is 0 Å². The Labute approximate surface area is 98.8 Å². The van der Waals surface area contributed by atoms with Gasteiger partial charge in [0.15, 0.2) is 0 Å². The summed E-state index contributed by atoms with van der Waals surface area (Å²) < 4.78 is 5.52. The maximum absolute atomic E-state index is 10.6. The van der Waals surface area contributed by atoms with Gasteiger partial charge in [-0.25, -0.2) is 0 Å². The Morgan fingerprint density at radius 3 is 2.88 bits per heavy atom. The van der Waals surface area contributed by atoms with Crippen LogP contribution in [0, 0.1) is 26.9 Å². The Hall–Kier alpha value is -2.09. The SMILES string of the molecule is N#CCC1(COc2cccc([N+](=O)[O-])c2)CC1. The van der Waals surface area contributed by atoms with Gasteiger partial charge in [0.25, 0.3) is 5.69 Å². The Balaban J connectivity index is 1.98. The first-order valence-electron chi connectivity index (χ1n) is 5.39. The zero-order chi connectivity index (χ0) is 12.3. The zero-order valence-electron chi connectivity index (χ0n) is 9.26. The molecule has 0 unspecified atom stereocenters. The van der Waals surface area contributed by atoms with Crippen LogP contribution in [0.3, 0.4) is 0 Å². The van der Waals surface area contributed by atoms with E-state index in [0.29, 0.717) is 18.8 Å². The highest BCUT2D eigenvalue weighted by atomic mass is 16.6. The number of nitrogens with zero attached hydrogens (tertiary/aromatic N) is 2. The van der Waals surface area contributed by atoms with Gasteiger partial charge in [-0.15, -0.1) is 0 Å². The highest BCUT2D eigenvalue weighted by Gasteiger charge is 2.43. The van der Waals surface area contributed by atoms with E-state index in [2.05, 4.69) is 6.07 Å². The van der Waals surface area contributed by atoms with E-state index >= 15 is 0 Å². The summed E-state index contributed by atoms with van der Waals surface area (Å²) in [4.78, 5) is 10.1. The van der Waals surface area contributed by atoms with Crippen molar-refractivity contribution >= 4 is 5.69 Å². The van der Waals surface area contributed by atoms with Crippen molar-refractivity contribution in [2.45, 2.75) is 19.3 Å². The number of nitro groups is 1. The van der Waals surface area contributed by atoms with E-state index < -0.39 is 4.92 Å². The van der Waals surface area contributed by atoms with Crippen molar-refractivity contribution in [3.8, 4) is 11.8 Å². The summed E-state index contributed by atoms with van der Waals surface area (Å²) in [7, 11) is 0. The van der Waals surface area contributed by atoms with Crippen LogP contribution >= 0.6 is 0 Å². The normalized spacial score (nSPS) is 15.9. The molecule has 1 aliphatic carbocycles. The number of rotatable bonds is 5. The van der Waals surface area contributed by atoms with Crippen molar-refractivity contribution in [3.05, 3.63) is 34.4 Å². The predicted octanol–water partition coefficient (Wildman–Crippen LogP) is 2.67. The fourth-order valence-corrected chi connectivity index (χ4v) is 1.64. The summed E-state index contributed by atoms with van der Waals surface area (Å²) in [5, 5.41) is 19.2. The largest absolute Gasteiger partial charge is 0.493 e. The molecule has 0 radical (unpaired) electrons. The van der Waals surface area contributed by atoms with Crippen LogP contribution in [-0.4, -0.2) is 11.5 Å². The second kappa shape index (κ2) is 4.42. The molecule has 0 spiro atoms. The van der Waals surface area contributed by atoms with Crippen molar-refractivity contribution < 1.29 is 9.66 Å². The summed E-state index contributed by atoms with van der Waals surface area (Å²) in [6, 6.07) is 8.26. The lowest BCUT2D eigenvalue weighted by Crippen LogP contribution is -2.12. The van der Waals surface area contributed by atoms with Crippen molar-refractivity contribution in [2.24, 2.45) is 5.41 Å².